The van der Waals surface area contributed by atoms with Crippen molar-refractivity contribution >= 4 is 24.0 Å². The summed E-state index contributed by atoms with van der Waals surface area (Å²) in [7, 11) is 0. The summed E-state index contributed by atoms with van der Waals surface area (Å²) in [6, 6.07) is 11.8. The molecule has 1 aromatic carbocycles. The molecule has 5 rings (SSSR count). The minimum absolute atomic E-state index is 0. The van der Waals surface area contributed by atoms with E-state index in [9.17, 15) is 9.18 Å². The second-order valence-corrected chi connectivity index (χ2v) is 7.29. The van der Waals surface area contributed by atoms with Crippen LogP contribution in [-0.4, -0.2) is 20.7 Å². The Kier molecular flexibility index (Phi) is 4.89. The summed E-state index contributed by atoms with van der Waals surface area (Å²) in [5, 5.41) is 7.46. The first-order valence-corrected chi connectivity index (χ1v) is 9.31. The van der Waals surface area contributed by atoms with Crippen molar-refractivity contribution in [1.29, 1.82) is 0 Å². The highest BCUT2D eigenvalue weighted by Gasteiger charge is 2.33. The predicted octanol–water partition coefficient (Wildman–Crippen LogP) is 4.84. The summed E-state index contributed by atoms with van der Waals surface area (Å²) in [6.07, 6.45) is 6.42. The maximum Gasteiger partial charge on any atom is 0.258 e. The number of hydrogen-bond donors (Lipinski definition) is 1. The topological polar surface area (TPSA) is 59.8 Å². The van der Waals surface area contributed by atoms with Crippen molar-refractivity contribution in [1.82, 2.24) is 14.8 Å². The molecule has 2 aromatic heterocycles. The van der Waals surface area contributed by atoms with Gasteiger partial charge in [0.2, 0.25) is 0 Å². The number of carbonyl (C=O) groups excluding carboxylic acids is 1. The number of aromatic nitrogens is 3. The first kappa shape index (κ1) is 18.6. The van der Waals surface area contributed by atoms with Crippen LogP contribution in [0.15, 0.2) is 48.7 Å². The fourth-order valence-corrected chi connectivity index (χ4v) is 3.28. The smallest absolute Gasteiger partial charge is 0.258 e. The van der Waals surface area contributed by atoms with Gasteiger partial charge in [-0.05, 0) is 56.0 Å². The standard InChI is InChI=1S/C21H19FN4O.ClH/c22-17-4-2-1-3-16(17)21(27)24-15-9-10-20(23-12-15)26-19(14-7-8-14)11-18(25-26)13-5-6-13;/h1-4,9-14H,5-8H2,(H,24,27);1H. The third kappa shape index (κ3) is 3.64. The van der Waals surface area contributed by atoms with Crippen LogP contribution >= 0.6 is 12.4 Å². The van der Waals surface area contributed by atoms with Crippen LogP contribution < -0.4 is 5.32 Å². The largest absolute Gasteiger partial charge is 0.320 e. The maximum atomic E-state index is 13.7. The highest BCUT2D eigenvalue weighted by Crippen LogP contribution is 2.45. The molecule has 0 saturated heterocycles. The summed E-state index contributed by atoms with van der Waals surface area (Å²) in [4.78, 5) is 16.7. The van der Waals surface area contributed by atoms with E-state index in [0.717, 1.165) is 11.5 Å². The number of carbonyl (C=O) groups is 1. The molecule has 2 saturated carbocycles. The Hall–Kier alpha value is -2.73. The molecule has 0 unspecified atom stereocenters. The van der Waals surface area contributed by atoms with Crippen LogP contribution in [0.4, 0.5) is 10.1 Å². The van der Waals surface area contributed by atoms with Crippen molar-refractivity contribution in [3.8, 4) is 5.82 Å². The van der Waals surface area contributed by atoms with E-state index >= 15 is 0 Å². The van der Waals surface area contributed by atoms with Gasteiger partial charge in [0.05, 0.1) is 23.1 Å². The molecule has 0 bridgehead atoms. The van der Waals surface area contributed by atoms with Crippen molar-refractivity contribution in [2.75, 3.05) is 5.32 Å². The molecule has 5 nitrogen and oxygen atoms in total. The molecule has 144 valence electrons. The number of benzene rings is 1. The van der Waals surface area contributed by atoms with Crippen molar-refractivity contribution in [2.45, 2.75) is 37.5 Å². The molecule has 1 amide bonds. The minimum Gasteiger partial charge on any atom is -0.320 e. The SMILES string of the molecule is Cl.O=C(Nc1ccc(-n2nc(C3CC3)cc2C2CC2)nc1)c1ccccc1F. The average Bonchev–Trinajstić information content (AvgIpc) is 3.61. The van der Waals surface area contributed by atoms with Gasteiger partial charge in [0.15, 0.2) is 5.82 Å². The maximum absolute atomic E-state index is 13.7. The Morgan fingerprint density at radius 1 is 1.07 bits per heavy atom. The Bertz CT molecular complexity index is 1010. The molecular weight excluding hydrogens is 379 g/mol. The summed E-state index contributed by atoms with van der Waals surface area (Å²) in [5.74, 6) is 0.886. The second-order valence-electron chi connectivity index (χ2n) is 7.29. The van der Waals surface area contributed by atoms with Crippen LogP contribution in [0.25, 0.3) is 5.82 Å². The first-order valence-electron chi connectivity index (χ1n) is 9.31. The fraction of sp³-hybridized carbons (Fsp3) is 0.286. The monoisotopic (exact) mass is 398 g/mol. The van der Waals surface area contributed by atoms with E-state index in [1.165, 1.54) is 43.5 Å². The van der Waals surface area contributed by atoms with Gasteiger partial charge in [0.1, 0.15) is 5.82 Å². The fourth-order valence-electron chi connectivity index (χ4n) is 3.28. The van der Waals surface area contributed by atoms with Crippen LogP contribution in [0.1, 0.15) is 59.3 Å². The third-order valence-corrected chi connectivity index (χ3v) is 5.09. The first-order chi connectivity index (χ1) is 13.2. The second kappa shape index (κ2) is 7.36. The van der Waals surface area contributed by atoms with Crippen molar-refractivity contribution in [3.63, 3.8) is 0 Å². The molecular formula is C21H20ClFN4O. The van der Waals surface area contributed by atoms with Crippen molar-refractivity contribution < 1.29 is 9.18 Å². The van der Waals surface area contributed by atoms with Gasteiger partial charge >= 0.3 is 0 Å². The van der Waals surface area contributed by atoms with Gasteiger partial charge in [-0.2, -0.15) is 5.10 Å². The van der Waals surface area contributed by atoms with Crippen LogP contribution in [0.3, 0.4) is 0 Å². The normalized spacial score (nSPS) is 15.8. The molecule has 0 radical (unpaired) electrons. The number of nitrogens with zero attached hydrogens (tertiary/aromatic N) is 3. The van der Waals surface area contributed by atoms with Gasteiger partial charge in [0.25, 0.3) is 5.91 Å². The summed E-state index contributed by atoms with van der Waals surface area (Å²) >= 11 is 0. The molecule has 1 N–H and O–H groups in total. The Morgan fingerprint density at radius 2 is 1.82 bits per heavy atom. The van der Waals surface area contributed by atoms with Crippen LogP contribution in [-0.2, 0) is 0 Å². The third-order valence-electron chi connectivity index (χ3n) is 5.09. The van der Waals surface area contributed by atoms with Crippen molar-refractivity contribution in [2.24, 2.45) is 0 Å². The highest BCUT2D eigenvalue weighted by molar-refractivity contribution is 6.04. The summed E-state index contributed by atoms with van der Waals surface area (Å²) in [6.45, 7) is 0. The number of rotatable bonds is 5. The zero-order valence-corrected chi connectivity index (χ0v) is 16.0. The van der Waals surface area contributed by atoms with E-state index in [1.807, 2.05) is 10.7 Å². The zero-order valence-electron chi connectivity index (χ0n) is 15.1. The van der Waals surface area contributed by atoms with Gasteiger partial charge in [-0.25, -0.2) is 14.1 Å². The lowest BCUT2D eigenvalue weighted by Gasteiger charge is -2.08. The van der Waals surface area contributed by atoms with Crippen LogP contribution in [0, 0.1) is 5.82 Å². The predicted molar refractivity (Wildman–Crippen MR) is 107 cm³/mol. The van der Waals surface area contributed by atoms with E-state index in [1.54, 1.807) is 24.4 Å². The lowest BCUT2D eigenvalue weighted by atomic mass is 10.2. The number of hydrogen-bond acceptors (Lipinski definition) is 3. The van der Waals surface area contributed by atoms with Gasteiger partial charge in [0, 0.05) is 17.5 Å². The molecule has 2 aliphatic rings. The van der Waals surface area contributed by atoms with Gasteiger partial charge in [-0.15, -0.1) is 12.4 Å². The number of anilines is 1. The average molecular weight is 399 g/mol. The Labute approximate surface area is 168 Å². The number of nitrogens with one attached hydrogen (secondary N) is 1. The summed E-state index contributed by atoms with van der Waals surface area (Å²) in [5.41, 5.74) is 2.93. The number of halogens is 2. The molecule has 0 aliphatic heterocycles. The lowest BCUT2D eigenvalue weighted by molar-refractivity contribution is 0.102. The molecule has 28 heavy (non-hydrogen) atoms. The molecule has 0 atom stereocenters. The molecule has 0 spiro atoms. The van der Waals surface area contributed by atoms with E-state index in [-0.39, 0.29) is 18.0 Å². The number of pyridine rings is 1. The van der Waals surface area contributed by atoms with E-state index in [0.29, 0.717) is 17.5 Å². The molecule has 2 heterocycles. The van der Waals surface area contributed by atoms with E-state index in [4.69, 9.17) is 5.10 Å². The van der Waals surface area contributed by atoms with Crippen molar-refractivity contribution in [3.05, 3.63) is 71.4 Å². The molecule has 3 aromatic rings. The zero-order chi connectivity index (χ0) is 18.4. The Balaban J connectivity index is 0.00000192. The van der Waals surface area contributed by atoms with Gasteiger partial charge in [-0.3, -0.25) is 4.79 Å². The van der Waals surface area contributed by atoms with E-state index < -0.39 is 11.7 Å². The highest BCUT2D eigenvalue weighted by atomic mass is 35.5. The summed E-state index contributed by atoms with van der Waals surface area (Å²) < 4.78 is 15.7. The lowest BCUT2D eigenvalue weighted by Crippen LogP contribution is -2.14. The Morgan fingerprint density at radius 3 is 2.46 bits per heavy atom. The quantitative estimate of drug-likeness (QED) is 0.669. The minimum atomic E-state index is -0.544. The van der Waals surface area contributed by atoms with E-state index in [2.05, 4.69) is 16.4 Å². The van der Waals surface area contributed by atoms with Gasteiger partial charge < -0.3 is 5.32 Å². The van der Waals surface area contributed by atoms with Gasteiger partial charge in [-0.1, -0.05) is 12.1 Å². The number of amides is 1. The molecule has 7 heteroatoms. The molecule has 2 aliphatic carbocycles. The van der Waals surface area contributed by atoms with Crippen LogP contribution in [0.5, 0.6) is 0 Å². The molecule has 2 fully saturated rings. The van der Waals surface area contributed by atoms with Crippen LogP contribution in [0.2, 0.25) is 0 Å².